The Labute approximate surface area is 73.0 Å². The lowest BCUT2D eigenvalue weighted by Gasteiger charge is -2.15. The van der Waals surface area contributed by atoms with Crippen LogP contribution < -0.4 is 10.6 Å². The van der Waals surface area contributed by atoms with Gasteiger partial charge in [-0.15, -0.1) is 0 Å². The Morgan fingerprint density at radius 3 is 3.08 bits per heavy atom. The van der Waals surface area contributed by atoms with Crippen molar-refractivity contribution in [2.75, 3.05) is 11.9 Å². The third-order valence-corrected chi connectivity index (χ3v) is 2.06. The lowest BCUT2D eigenvalue weighted by atomic mass is 10.1. The molecule has 1 aliphatic heterocycles. The van der Waals surface area contributed by atoms with Gasteiger partial charge < -0.3 is 10.6 Å². The maximum atomic E-state index is 3.37. The molecule has 2 N–H and O–H groups in total. The van der Waals surface area contributed by atoms with Gasteiger partial charge in [0, 0.05) is 18.8 Å². The number of nitrogens with one attached hydrogen (secondary N) is 2. The molecule has 0 aliphatic carbocycles. The summed E-state index contributed by atoms with van der Waals surface area (Å²) in [5.41, 5.74) is 2.57. The van der Waals surface area contributed by atoms with Gasteiger partial charge in [0.15, 0.2) is 0 Å². The van der Waals surface area contributed by atoms with Gasteiger partial charge >= 0.3 is 0 Å². The average Bonchev–Trinajstić information content (AvgIpc) is 2.06. The highest BCUT2D eigenvalue weighted by molar-refractivity contribution is 5.52. The monoisotopic (exact) mass is 161 g/mol. The van der Waals surface area contributed by atoms with Crippen LogP contribution in [0.4, 0.5) is 5.69 Å². The van der Waals surface area contributed by atoms with Crippen molar-refractivity contribution in [3.63, 3.8) is 0 Å². The summed E-state index contributed by atoms with van der Waals surface area (Å²) in [4.78, 5) is 0. The molecule has 0 saturated carbocycles. The van der Waals surface area contributed by atoms with Gasteiger partial charge in [0.2, 0.25) is 0 Å². The van der Waals surface area contributed by atoms with Crippen LogP contribution >= 0.6 is 0 Å². The topological polar surface area (TPSA) is 24.1 Å². The Morgan fingerprint density at radius 2 is 2.08 bits per heavy atom. The average molecular weight is 161 g/mol. The maximum absolute atomic E-state index is 3.37. The van der Waals surface area contributed by atoms with Crippen LogP contribution in [0.1, 0.15) is 12.0 Å². The molecule has 0 atom stereocenters. The number of para-hydroxylation sites is 1. The smallest absolute Gasteiger partial charge is 0.0475 e. The maximum Gasteiger partial charge on any atom is 0.0475 e. The summed E-state index contributed by atoms with van der Waals surface area (Å²) in [5.74, 6) is 0. The normalized spacial score (nSPS) is 17.0. The predicted octanol–water partition coefficient (Wildman–Crippen LogP) is 1.75. The second kappa shape index (κ2) is 3.59. The molecule has 0 unspecified atom stereocenters. The highest BCUT2D eigenvalue weighted by atomic mass is 14.9. The molecule has 12 heavy (non-hydrogen) atoms. The van der Waals surface area contributed by atoms with Crippen LogP contribution in [0.5, 0.6) is 0 Å². The van der Waals surface area contributed by atoms with Crippen LogP contribution in [-0.4, -0.2) is 6.54 Å². The Hall–Kier alpha value is -1.02. The van der Waals surface area contributed by atoms with E-state index in [1.54, 1.807) is 0 Å². The number of anilines is 1. The first-order chi connectivity index (χ1) is 5.97. The van der Waals surface area contributed by atoms with Crippen LogP contribution in [-0.2, 0) is 6.54 Å². The van der Waals surface area contributed by atoms with Crippen LogP contribution in [0, 0.1) is 6.54 Å². The van der Waals surface area contributed by atoms with E-state index >= 15 is 0 Å². The first-order valence-corrected chi connectivity index (χ1v) is 4.33. The minimum absolute atomic E-state index is 0.969. The molecular weight excluding hydrogens is 148 g/mol. The van der Waals surface area contributed by atoms with Gasteiger partial charge in [0.1, 0.15) is 0 Å². The molecule has 0 fully saturated rings. The van der Waals surface area contributed by atoms with Gasteiger partial charge in [-0.25, -0.2) is 0 Å². The highest BCUT2D eigenvalue weighted by Gasteiger charge is 2.03. The van der Waals surface area contributed by atoms with Gasteiger partial charge in [-0.2, -0.15) is 0 Å². The zero-order valence-corrected chi connectivity index (χ0v) is 7.01. The lowest BCUT2D eigenvalue weighted by Crippen LogP contribution is -2.19. The second-order valence-electron chi connectivity index (χ2n) is 2.97. The van der Waals surface area contributed by atoms with Gasteiger partial charge in [0.25, 0.3) is 0 Å². The summed E-state index contributed by atoms with van der Waals surface area (Å²) >= 11 is 0. The quantitative estimate of drug-likeness (QED) is 0.605. The van der Waals surface area contributed by atoms with Crippen molar-refractivity contribution < 1.29 is 0 Å². The van der Waals surface area contributed by atoms with E-state index in [1.807, 2.05) is 0 Å². The molecule has 63 valence electrons. The van der Waals surface area contributed by atoms with Crippen molar-refractivity contribution in [2.24, 2.45) is 0 Å². The molecule has 1 radical (unpaired) electrons. The van der Waals surface area contributed by atoms with Crippen molar-refractivity contribution in [3.05, 3.63) is 36.4 Å². The van der Waals surface area contributed by atoms with Crippen molar-refractivity contribution >= 4 is 5.69 Å². The predicted molar refractivity (Wildman–Crippen MR) is 50.7 cm³/mol. The van der Waals surface area contributed by atoms with Crippen molar-refractivity contribution in [1.82, 2.24) is 5.32 Å². The van der Waals surface area contributed by atoms with E-state index in [-0.39, 0.29) is 0 Å². The molecule has 0 amide bonds. The summed E-state index contributed by atoms with van der Waals surface area (Å²) < 4.78 is 0. The van der Waals surface area contributed by atoms with Crippen molar-refractivity contribution in [2.45, 2.75) is 13.0 Å². The minimum atomic E-state index is 0.969. The van der Waals surface area contributed by atoms with E-state index in [0.29, 0.717) is 0 Å². The molecule has 1 aromatic carbocycles. The molecule has 1 aromatic rings. The molecule has 2 nitrogen and oxygen atoms in total. The third kappa shape index (κ3) is 1.59. The zero-order valence-electron chi connectivity index (χ0n) is 7.01. The minimum Gasteiger partial charge on any atom is -0.380 e. The molecule has 0 bridgehead atoms. The molecule has 2 heteroatoms. The molecule has 0 aromatic heterocycles. The largest absolute Gasteiger partial charge is 0.380 e. The summed E-state index contributed by atoms with van der Waals surface area (Å²) in [6.45, 7) is 4.13. The van der Waals surface area contributed by atoms with Gasteiger partial charge in [-0.1, -0.05) is 18.2 Å². The fourth-order valence-electron chi connectivity index (χ4n) is 1.39. The van der Waals surface area contributed by atoms with Gasteiger partial charge in [0.05, 0.1) is 0 Å². The SMILES string of the molecule is [CH]1CCNCc2ccccc2N1. The van der Waals surface area contributed by atoms with Gasteiger partial charge in [-0.3, -0.25) is 0 Å². The Morgan fingerprint density at radius 1 is 1.17 bits per heavy atom. The Kier molecular flexibility index (Phi) is 2.28. The molecule has 1 heterocycles. The Balaban J connectivity index is 2.24. The van der Waals surface area contributed by atoms with E-state index in [2.05, 4.69) is 41.4 Å². The van der Waals surface area contributed by atoms with Crippen LogP contribution in [0.15, 0.2) is 24.3 Å². The molecule has 0 saturated heterocycles. The third-order valence-electron chi connectivity index (χ3n) is 2.06. The van der Waals surface area contributed by atoms with Crippen molar-refractivity contribution in [1.29, 1.82) is 0 Å². The summed E-state index contributed by atoms with van der Waals surface area (Å²) in [7, 11) is 0. The van der Waals surface area contributed by atoms with Gasteiger partial charge in [-0.05, 0) is 24.6 Å². The first-order valence-electron chi connectivity index (χ1n) is 4.33. The van der Waals surface area contributed by atoms with E-state index in [0.717, 1.165) is 19.5 Å². The summed E-state index contributed by atoms with van der Waals surface area (Å²) in [6, 6.07) is 8.39. The zero-order chi connectivity index (χ0) is 8.23. The Bertz CT molecular complexity index is 231. The van der Waals surface area contributed by atoms with E-state index in [1.165, 1.54) is 11.3 Å². The number of hydrogen-bond donors (Lipinski definition) is 2. The summed E-state index contributed by atoms with van der Waals surface area (Å²) in [5, 5.41) is 6.67. The number of hydrogen-bond acceptors (Lipinski definition) is 2. The molecule has 2 rings (SSSR count). The fourth-order valence-corrected chi connectivity index (χ4v) is 1.39. The number of rotatable bonds is 0. The number of fused-ring (bicyclic) bond motifs is 1. The van der Waals surface area contributed by atoms with Crippen molar-refractivity contribution in [3.8, 4) is 0 Å². The molecule has 0 spiro atoms. The number of benzene rings is 1. The van der Waals surface area contributed by atoms with Crippen LogP contribution in [0.2, 0.25) is 0 Å². The van der Waals surface area contributed by atoms with Crippen LogP contribution in [0.25, 0.3) is 0 Å². The molecular formula is C10H13N2. The van der Waals surface area contributed by atoms with E-state index in [4.69, 9.17) is 0 Å². The first kappa shape index (κ1) is 7.62. The van der Waals surface area contributed by atoms with Crippen LogP contribution in [0.3, 0.4) is 0 Å². The lowest BCUT2D eigenvalue weighted by molar-refractivity contribution is 0.675. The van der Waals surface area contributed by atoms with E-state index in [9.17, 15) is 0 Å². The second-order valence-corrected chi connectivity index (χ2v) is 2.97. The summed E-state index contributed by atoms with van der Waals surface area (Å²) in [6.07, 6.45) is 1.08. The highest BCUT2D eigenvalue weighted by Crippen LogP contribution is 2.16. The molecule has 1 aliphatic rings. The fraction of sp³-hybridized carbons (Fsp3) is 0.300. The standard InChI is InChI=1S/C10H13N2/c1-2-5-10-9(4-1)8-11-6-3-7-12-10/h1-2,4-5,7,11-12H,3,6,8H2. The van der Waals surface area contributed by atoms with E-state index < -0.39 is 0 Å².